The van der Waals surface area contributed by atoms with Crippen LogP contribution in [0.2, 0.25) is 0 Å². The van der Waals surface area contributed by atoms with Gasteiger partial charge in [-0.25, -0.2) is 38.4 Å². The molecule has 8 aromatic carbocycles. The zero-order chi connectivity index (χ0) is 55.7. The number of halogens is 1. The molecule has 0 saturated heterocycles. The van der Waals surface area contributed by atoms with Gasteiger partial charge in [0.2, 0.25) is 0 Å². The molecular weight excluding hydrogens is 1040 g/mol. The van der Waals surface area contributed by atoms with Gasteiger partial charge in [-0.1, -0.05) is 97.1 Å². The summed E-state index contributed by atoms with van der Waals surface area (Å²) in [5.41, 5.74) is 8.95. The summed E-state index contributed by atoms with van der Waals surface area (Å²) < 4.78 is 13.8. The summed E-state index contributed by atoms with van der Waals surface area (Å²) in [6.45, 7) is 2.36. The molecule has 0 bridgehead atoms. The lowest BCUT2D eigenvalue weighted by molar-refractivity contribution is -0.156. The van der Waals surface area contributed by atoms with Crippen LogP contribution in [0.4, 0.5) is 4.70 Å². The summed E-state index contributed by atoms with van der Waals surface area (Å²) in [5.74, 6) is -9.63. The number of ether oxygens (including phenoxy) is 3. The third kappa shape index (κ3) is 6.94. The highest BCUT2D eigenvalue weighted by Crippen LogP contribution is 2.65. The van der Waals surface area contributed by atoms with Gasteiger partial charge in [-0.3, -0.25) is 14.3 Å². The summed E-state index contributed by atoms with van der Waals surface area (Å²) in [4.78, 5) is 118. The first kappa shape index (κ1) is 51.1. The zero-order valence-electron chi connectivity index (χ0n) is 41.4. The normalized spacial score (nSPS) is 14.3. The molecule has 80 heavy (non-hydrogen) atoms. The average Bonchev–Trinajstić information content (AvgIpc) is 2.90. The Morgan fingerprint density at radius 3 is 0.825 bits per heavy atom. The number of fused-ring (bicyclic) bond motifs is 22. The fourth-order valence-electron chi connectivity index (χ4n) is 12.4. The number of aromatic carboxylic acids is 4. The van der Waals surface area contributed by atoms with Crippen LogP contribution in [-0.2, 0) is 34.6 Å². The van der Waals surface area contributed by atoms with Crippen LogP contribution in [-0.4, -0.2) is 80.1 Å². The average molecular weight is 1070 g/mol. The van der Waals surface area contributed by atoms with Gasteiger partial charge in [0.05, 0.1) is 55.3 Å². The number of carboxylic acid groups (broad SMARTS) is 4. The molecule has 6 aliphatic rings. The van der Waals surface area contributed by atoms with Crippen molar-refractivity contribution in [1.82, 2.24) is 0 Å². The molecule has 14 rings (SSSR count). The van der Waals surface area contributed by atoms with Crippen molar-refractivity contribution < 1.29 is 87.3 Å². The molecule has 4 N–H and O–H groups in total. The highest BCUT2D eigenvalue weighted by atomic mass is 19.0. The van der Waals surface area contributed by atoms with E-state index in [1.165, 1.54) is 38.1 Å². The maximum atomic E-state index is 12.5. The van der Waals surface area contributed by atoms with Crippen molar-refractivity contribution >= 4 is 59.7 Å². The number of carboxylic acids is 4. The number of rotatable bonds is 4. The van der Waals surface area contributed by atoms with Crippen LogP contribution < -0.4 is 0 Å². The summed E-state index contributed by atoms with van der Waals surface area (Å²) in [5, 5.41) is 39.4. The molecule has 8 aromatic rings. The number of carbonyl (C=O) groups excluding carboxylic acids is 6. The second-order valence-corrected chi connectivity index (χ2v) is 19.1. The largest absolute Gasteiger partial charge is 0.478 e. The fraction of sp³-hybridized carbons (Fsp3) is 0.0645. The molecule has 2 spiro atoms. The van der Waals surface area contributed by atoms with Crippen LogP contribution in [0.1, 0.15) is 141 Å². The van der Waals surface area contributed by atoms with Gasteiger partial charge in [0.15, 0.2) is 0 Å². The van der Waals surface area contributed by atoms with Gasteiger partial charge in [0.25, 0.3) is 0 Å². The van der Waals surface area contributed by atoms with E-state index in [-0.39, 0.29) is 27.0 Å². The molecule has 4 aliphatic carbocycles. The van der Waals surface area contributed by atoms with Gasteiger partial charge in [0.1, 0.15) is 0 Å². The van der Waals surface area contributed by atoms with Crippen molar-refractivity contribution in [2.75, 3.05) is 0 Å². The SMILES string of the molecule is CC(=O)OC(C)=O.F.O=C(O)c1cc2c(cc1C(=O)O)C1(c3ccccc3-c3ccccc31)c1cc(C(=O)O)c(C(=O)O)cc1-2.O=C1OC(=O)c2cc3c(cc21)-c1cc2c(cc1C31c3ccccc3-c3ccccc31)C(=O)OC2=O. The van der Waals surface area contributed by atoms with Crippen molar-refractivity contribution in [1.29, 1.82) is 0 Å². The van der Waals surface area contributed by atoms with E-state index in [2.05, 4.69) is 16.9 Å². The molecule has 18 heteroatoms. The Morgan fingerprint density at radius 2 is 0.562 bits per heavy atom. The van der Waals surface area contributed by atoms with E-state index >= 15 is 0 Å². The van der Waals surface area contributed by atoms with Gasteiger partial charge in [-0.05, 0) is 138 Å². The summed E-state index contributed by atoms with van der Waals surface area (Å²) in [7, 11) is 0. The van der Waals surface area contributed by atoms with Crippen molar-refractivity contribution in [2.45, 2.75) is 24.7 Å². The second-order valence-electron chi connectivity index (χ2n) is 19.1. The Hall–Kier alpha value is -11.0. The quantitative estimate of drug-likeness (QED) is 0.0725. The predicted molar refractivity (Wildman–Crippen MR) is 278 cm³/mol. The fourth-order valence-corrected chi connectivity index (χ4v) is 12.4. The van der Waals surface area contributed by atoms with Gasteiger partial charge in [0, 0.05) is 13.8 Å². The second kappa shape index (κ2) is 18.1. The maximum Gasteiger partial charge on any atom is 0.346 e. The van der Waals surface area contributed by atoms with Gasteiger partial charge < -0.3 is 34.6 Å². The Kier molecular flexibility index (Phi) is 11.5. The minimum Gasteiger partial charge on any atom is -0.478 e. The first-order valence-corrected chi connectivity index (χ1v) is 24.1. The molecular formula is C62H35FO17. The number of esters is 6. The van der Waals surface area contributed by atoms with Crippen LogP contribution in [0, 0.1) is 0 Å². The smallest absolute Gasteiger partial charge is 0.346 e. The summed E-state index contributed by atoms with van der Waals surface area (Å²) >= 11 is 0. The van der Waals surface area contributed by atoms with Crippen LogP contribution in [0.5, 0.6) is 0 Å². The van der Waals surface area contributed by atoms with E-state index in [0.29, 0.717) is 33.4 Å². The molecule has 0 atom stereocenters. The van der Waals surface area contributed by atoms with Crippen LogP contribution >= 0.6 is 0 Å². The third-order valence-corrected chi connectivity index (χ3v) is 15.2. The van der Waals surface area contributed by atoms with E-state index < -0.39 is 92.8 Å². The lowest BCUT2D eigenvalue weighted by Crippen LogP contribution is -2.27. The van der Waals surface area contributed by atoms with E-state index in [0.717, 1.165) is 55.6 Å². The number of benzene rings is 8. The van der Waals surface area contributed by atoms with Crippen LogP contribution in [0.25, 0.3) is 44.5 Å². The minimum atomic E-state index is -1.45. The van der Waals surface area contributed by atoms with Crippen LogP contribution in [0.3, 0.4) is 0 Å². The molecule has 0 fully saturated rings. The van der Waals surface area contributed by atoms with Crippen molar-refractivity contribution in [3.05, 3.63) is 235 Å². The summed E-state index contributed by atoms with van der Waals surface area (Å²) in [6, 6.07) is 42.9. The van der Waals surface area contributed by atoms with Gasteiger partial charge in [-0.15, -0.1) is 0 Å². The Balaban J connectivity index is 0.000000149. The highest BCUT2D eigenvalue weighted by molar-refractivity contribution is 6.18. The molecule has 0 radical (unpaired) electrons. The van der Waals surface area contributed by atoms with Gasteiger partial charge >= 0.3 is 59.7 Å². The van der Waals surface area contributed by atoms with Gasteiger partial charge in [-0.2, -0.15) is 0 Å². The lowest BCUT2D eigenvalue weighted by Gasteiger charge is -2.31. The third-order valence-electron chi connectivity index (χ3n) is 15.2. The lowest BCUT2D eigenvalue weighted by atomic mass is 9.70. The zero-order valence-corrected chi connectivity index (χ0v) is 41.4. The van der Waals surface area contributed by atoms with E-state index in [9.17, 15) is 68.4 Å². The molecule has 0 unspecified atom stereocenters. The number of hydrogen-bond donors (Lipinski definition) is 4. The molecule has 0 saturated carbocycles. The highest BCUT2D eigenvalue weighted by Gasteiger charge is 2.55. The van der Waals surface area contributed by atoms with E-state index in [4.69, 9.17) is 9.47 Å². The topological polar surface area (TPSA) is 279 Å². The Labute approximate surface area is 449 Å². The number of cyclic esters (lactones) is 4. The molecule has 0 aromatic heterocycles. The molecule has 0 amide bonds. The van der Waals surface area contributed by atoms with E-state index in [1.807, 2.05) is 84.9 Å². The molecule has 17 nitrogen and oxygen atoms in total. The minimum absolute atomic E-state index is 0. The Morgan fingerprint density at radius 1 is 0.325 bits per heavy atom. The van der Waals surface area contributed by atoms with Crippen molar-refractivity contribution in [2.24, 2.45) is 0 Å². The monoisotopic (exact) mass is 1070 g/mol. The van der Waals surface area contributed by atoms with Crippen LogP contribution in [0.15, 0.2) is 146 Å². The first-order chi connectivity index (χ1) is 37.8. The van der Waals surface area contributed by atoms with Crippen molar-refractivity contribution in [3.63, 3.8) is 0 Å². The maximum absolute atomic E-state index is 12.5. The predicted octanol–water partition coefficient (Wildman–Crippen LogP) is 9.72. The Bertz CT molecular complexity index is 4030. The van der Waals surface area contributed by atoms with E-state index in [1.54, 1.807) is 24.3 Å². The molecule has 2 aliphatic heterocycles. The summed E-state index contributed by atoms with van der Waals surface area (Å²) in [6.07, 6.45) is 0. The van der Waals surface area contributed by atoms with Crippen molar-refractivity contribution in [3.8, 4) is 44.5 Å². The first-order valence-electron chi connectivity index (χ1n) is 24.1. The standard InChI is InChI=1S/C29H16O8.C29H12O6.C4H6O3.FH/c30-25(31)17-9-15-16-10-18(26(32)33)20(28(36)37)12-24(16)29(23(15)11-19(17)27(34)35)21-7-3-1-5-13(21)14-6-2-4-8-22(14)29;30-25-17-9-15-16-10-18-20(28(33)35-26(18)31)12-24(16)29(23(15)11-19(17)27(32)34-25)21-7-3-1-5-13(21)14-6-2-4-8-22(14)29;1-3(5)7-4(2)6;/h1-12H,(H,30,31)(H,32,33)(H,34,35)(H,36,37);1-12H;1-2H3;1H. The molecule has 2 heterocycles. The molecule has 392 valence electrons. The number of carbonyl (C=O) groups is 10. The number of hydrogen-bond acceptors (Lipinski definition) is 13.